The summed E-state index contributed by atoms with van der Waals surface area (Å²) in [5, 5.41) is 36.1. The highest BCUT2D eigenvalue weighted by atomic mass is 32.1. The summed E-state index contributed by atoms with van der Waals surface area (Å²) in [4.78, 5) is 30.3. The van der Waals surface area contributed by atoms with E-state index in [1.807, 2.05) is 0 Å². The van der Waals surface area contributed by atoms with Gasteiger partial charge < -0.3 is 25.4 Å². The van der Waals surface area contributed by atoms with E-state index in [-0.39, 0.29) is 19.4 Å². The SMILES string of the molecule is CC(=Cc1csc(CO)n1)[C@@H]1CC=C(C(F)(F)F)CC2NC2[C@H](C)[C@H](O)[C@@H](C)C(=O)C(C)(C)[C@@H](O)CC(=O)O1. The maximum absolute atomic E-state index is 14.0. The molecule has 2 unspecified atom stereocenters. The van der Waals surface area contributed by atoms with Crippen molar-refractivity contribution >= 4 is 29.2 Å². The number of nitrogens with one attached hydrogen (secondary N) is 1. The molecule has 1 saturated heterocycles. The largest absolute Gasteiger partial charge is 0.457 e. The van der Waals surface area contributed by atoms with Crippen LogP contribution in [0.1, 0.15) is 64.6 Å². The topological polar surface area (TPSA) is 139 Å². The predicted octanol–water partition coefficient (Wildman–Crippen LogP) is 3.55. The lowest BCUT2D eigenvalue weighted by atomic mass is 9.73. The third kappa shape index (κ3) is 7.55. The van der Waals surface area contributed by atoms with Crippen LogP contribution in [0, 0.1) is 17.3 Å². The van der Waals surface area contributed by atoms with Gasteiger partial charge in [-0.2, -0.15) is 13.2 Å². The average molecular weight is 575 g/mol. The number of aromatic nitrogens is 1. The fourth-order valence-electron chi connectivity index (χ4n) is 5.01. The van der Waals surface area contributed by atoms with Crippen LogP contribution in [0.4, 0.5) is 13.2 Å². The van der Waals surface area contributed by atoms with E-state index < -0.39 is 77.6 Å². The molecule has 1 aromatic rings. The number of rotatable bonds is 3. The smallest absolute Gasteiger partial charge is 0.412 e. The van der Waals surface area contributed by atoms with Gasteiger partial charge in [0.05, 0.1) is 36.3 Å². The summed E-state index contributed by atoms with van der Waals surface area (Å²) in [5.41, 5.74) is -1.29. The number of carbonyl (C=O) groups excluding carboxylic acids is 2. The van der Waals surface area contributed by atoms with E-state index in [0.29, 0.717) is 16.3 Å². The number of alkyl halides is 3. The first-order valence-electron chi connectivity index (χ1n) is 12.9. The third-order valence-electron chi connectivity index (χ3n) is 7.83. The Balaban J connectivity index is 1.98. The number of fused-ring (bicyclic) bond motifs is 1. The number of cyclic esters (lactones) is 1. The van der Waals surface area contributed by atoms with E-state index in [4.69, 9.17) is 4.74 Å². The standard InChI is InChI=1S/C27H37F3N2O6S/c1-13(8-17-12-39-21(11-33)31-17)19-7-6-16(27(28,29)30)9-18-23(32-18)14(2)24(36)15(3)25(37)26(4,5)20(34)10-22(35)38-19/h6,8,12,14-15,18-20,23-24,32-34,36H,7,9-11H2,1-5H3/t14-,15+,18?,19-,20-,23?,24-/m0/s1. The number of esters is 1. The second kappa shape index (κ2) is 12.2. The van der Waals surface area contributed by atoms with Crippen molar-refractivity contribution in [2.45, 2.75) is 97.1 Å². The molecule has 0 aliphatic carbocycles. The van der Waals surface area contributed by atoms with E-state index in [1.54, 1.807) is 25.3 Å². The minimum absolute atomic E-state index is 0.259. The molecule has 7 atom stereocenters. The lowest BCUT2D eigenvalue weighted by Crippen LogP contribution is -2.46. The van der Waals surface area contributed by atoms with Crippen LogP contribution in [-0.2, 0) is 20.9 Å². The average Bonchev–Trinajstić information content (AvgIpc) is 3.49. The lowest BCUT2D eigenvalue weighted by Gasteiger charge is -2.34. The number of ketones is 1. The zero-order valence-electron chi connectivity index (χ0n) is 22.7. The highest BCUT2D eigenvalue weighted by molar-refractivity contribution is 7.09. The van der Waals surface area contributed by atoms with Crippen LogP contribution >= 0.6 is 11.3 Å². The fraction of sp³-hybridized carbons (Fsp3) is 0.667. The van der Waals surface area contributed by atoms with Crippen LogP contribution < -0.4 is 5.32 Å². The molecule has 218 valence electrons. The van der Waals surface area contributed by atoms with Crippen LogP contribution in [0.15, 0.2) is 22.6 Å². The van der Waals surface area contributed by atoms with Gasteiger partial charge in [0, 0.05) is 35.4 Å². The highest BCUT2D eigenvalue weighted by Crippen LogP contribution is 2.38. The molecule has 2 aliphatic heterocycles. The van der Waals surface area contributed by atoms with Crippen LogP contribution in [0.3, 0.4) is 0 Å². The van der Waals surface area contributed by atoms with Crippen molar-refractivity contribution in [1.29, 1.82) is 0 Å². The van der Waals surface area contributed by atoms with Crippen molar-refractivity contribution in [3.8, 4) is 0 Å². The van der Waals surface area contributed by atoms with Gasteiger partial charge in [-0.05, 0) is 30.9 Å². The van der Waals surface area contributed by atoms with Gasteiger partial charge in [-0.15, -0.1) is 11.3 Å². The van der Waals surface area contributed by atoms with E-state index in [0.717, 1.165) is 6.08 Å². The number of aliphatic hydroxyl groups is 3. The number of hydrogen-bond acceptors (Lipinski definition) is 9. The Labute approximate surface area is 230 Å². The molecule has 0 bridgehead atoms. The second-order valence-corrected chi connectivity index (χ2v) is 12.0. The molecule has 0 radical (unpaired) electrons. The van der Waals surface area contributed by atoms with Crippen molar-refractivity contribution in [2.24, 2.45) is 17.3 Å². The molecule has 0 spiro atoms. The van der Waals surface area contributed by atoms with Gasteiger partial charge in [0.1, 0.15) is 16.9 Å². The minimum Gasteiger partial charge on any atom is -0.457 e. The maximum Gasteiger partial charge on any atom is 0.412 e. The van der Waals surface area contributed by atoms with E-state index >= 15 is 0 Å². The summed E-state index contributed by atoms with van der Waals surface area (Å²) in [6.45, 7) is 7.52. The van der Waals surface area contributed by atoms with Gasteiger partial charge in [-0.25, -0.2) is 4.98 Å². The summed E-state index contributed by atoms with van der Waals surface area (Å²) >= 11 is 1.21. The van der Waals surface area contributed by atoms with Gasteiger partial charge in [0.2, 0.25) is 0 Å². The second-order valence-electron chi connectivity index (χ2n) is 11.1. The summed E-state index contributed by atoms with van der Waals surface area (Å²) in [5.74, 6) is -2.78. The molecule has 39 heavy (non-hydrogen) atoms. The Hall–Kier alpha value is -2.12. The zero-order chi connectivity index (χ0) is 29.3. The number of carbonyl (C=O) groups is 2. The number of ether oxygens (including phenoxy) is 1. The van der Waals surface area contributed by atoms with Crippen molar-refractivity contribution < 1.29 is 42.8 Å². The fourth-order valence-corrected chi connectivity index (χ4v) is 5.62. The first-order chi connectivity index (χ1) is 18.1. The summed E-state index contributed by atoms with van der Waals surface area (Å²) < 4.78 is 47.4. The number of aliphatic hydroxyl groups excluding tert-OH is 3. The Morgan fingerprint density at radius 3 is 2.51 bits per heavy atom. The summed E-state index contributed by atoms with van der Waals surface area (Å²) in [6.07, 6.45) is -6.89. The first-order valence-corrected chi connectivity index (χ1v) is 13.8. The van der Waals surface area contributed by atoms with Crippen LogP contribution in [-0.4, -0.2) is 68.6 Å². The van der Waals surface area contributed by atoms with E-state index in [2.05, 4.69) is 10.3 Å². The van der Waals surface area contributed by atoms with Crippen molar-refractivity contribution in [3.05, 3.63) is 33.3 Å². The summed E-state index contributed by atoms with van der Waals surface area (Å²) in [7, 11) is 0. The molecular weight excluding hydrogens is 537 g/mol. The van der Waals surface area contributed by atoms with Crippen LogP contribution in [0.2, 0.25) is 0 Å². The van der Waals surface area contributed by atoms with Gasteiger partial charge in [0.15, 0.2) is 0 Å². The van der Waals surface area contributed by atoms with Crippen molar-refractivity contribution in [3.63, 3.8) is 0 Å². The number of nitrogens with zero attached hydrogens (tertiary/aromatic N) is 1. The molecule has 3 heterocycles. The van der Waals surface area contributed by atoms with Crippen molar-refractivity contribution in [1.82, 2.24) is 10.3 Å². The van der Waals surface area contributed by atoms with Crippen LogP contribution in [0.25, 0.3) is 6.08 Å². The Morgan fingerprint density at radius 2 is 1.92 bits per heavy atom. The normalized spacial score (nSPS) is 33.3. The molecule has 0 saturated carbocycles. The molecular formula is C27H37F3N2O6S. The van der Waals surface area contributed by atoms with Gasteiger partial charge in [-0.1, -0.05) is 33.8 Å². The van der Waals surface area contributed by atoms with E-state index in [1.165, 1.54) is 32.1 Å². The molecule has 12 heteroatoms. The Morgan fingerprint density at radius 1 is 1.26 bits per heavy atom. The number of halogens is 3. The molecule has 4 N–H and O–H groups in total. The minimum atomic E-state index is -4.62. The number of Topliss-reactive ketones (excluding diaryl/α,β-unsaturated/α-hetero) is 1. The zero-order valence-corrected chi connectivity index (χ0v) is 23.5. The molecule has 2 aliphatic rings. The third-order valence-corrected chi connectivity index (χ3v) is 8.69. The predicted molar refractivity (Wildman–Crippen MR) is 139 cm³/mol. The molecule has 1 fully saturated rings. The molecule has 3 rings (SSSR count). The van der Waals surface area contributed by atoms with Gasteiger partial charge in [-0.3, -0.25) is 9.59 Å². The maximum atomic E-state index is 14.0. The Bertz CT molecular complexity index is 1120. The van der Waals surface area contributed by atoms with E-state index in [9.17, 15) is 38.1 Å². The first kappa shape index (κ1) is 31.4. The number of thiazole rings is 1. The monoisotopic (exact) mass is 574 g/mol. The van der Waals surface area contributed by atoms with Gasteiger partial charge >= 0.3 is 12.1 Å². The van der Waals surface area contributed by atoms with Crippen LogP contribution in [0.5, 0.6) is 0 Å². The molecule has 1 aromatic heterocycles. The number of hydrogen-bond donors (Lipinski definition) is 4. The highest BCUT2D eigenvalue weighted by Gasteiger charge is 2.49. The molecule has 8 nitrogen and oxygen atoms in total. The van der Waals surface area contributed by atoms with Crippen molar-refractivity contribution in [2.75, 3.05) is 0 Å². The summed E-state index contributed by atoms with van der Waals surface area (Å²) in [6, 6.07) is -0.955. The molecule has 0 aromatic carbocycles. The van der Waals surface area contributed by atoms with Gasteiger partial charge in [0.25, 0.3) is 0 Å². The Kier molecular flexibility index (Phi) is 9.80. The molecule has 0 amide bonds. The lowest BCUT2D eigenvalue weighted by molar-refractivity contribution is -0.154. The quantitative estimate of drug-likeness (QED) is 0.244.